The van der Waals surface area contributed by atoms with Crippen LogP contribution in [-0.4, -0.2) is 6.16 Å². The molecule has 1 aliphatic heterocycles. The first-order valence-corrected chi connectivity index (χ1v) is 8.85. The summed E-state index contributed by atoms with van der Waals surface area (Å²) in [4.78, 5) is 0. The van der Waals surface area contributed by atoms with Crippen molar-refractivity contribution in [3.05, 3.63) is 102 Å². The fraction of sp³-hybridized carbons (Fsp3) is 0.0909. The Bertz CT molecular complexity index is 756. The number of allylic oxidation sites excluding steroid dienone is 9. The van der Waals surface area contributed by atoms with Crippen LogP contribution in [0.5, 0.6) is 0 Å². The Morgan fingerprint density at radius 1 is 1.17 bits per heavy atom. The minimum absolute atomic E-state index is 0.786. The monoisotopic (exact) mass is 316 g/mol. The maximum Gasteiger partial charge on any atom is 0.0249 e. The molecule has 1 aromatic carbocycles. The summed E-state index contributed by atoms with van der Waals surface area (Å²) < 4.78 is 0. The molecule has 2 rings (SSSR count). The lowest BCUT2D eigenvalue weighted by atomic mass is 10.0. The van der Waals surface area contributed by atoms with Gasteiger partial charge in [0, 0.05) is 11.1 Å². The van der Waals surface area contributed by atoms with Gasteiger partial charge in [0.15, 0.2) is 0 Å². The third kappa shape index (κ3) is 6.11. The first kappa shape index (κ1) is 17.0. The second-order valence-corrected chi connectivity index (χ2v) is 6.47. The van der Waals surface area contributed by atoms with Crippen molar-refractivity contribution in [2.75, 3.05) is 6.16 Å². The van der Waals surface area contributed by atoms with Gasteiger partial charge in [-0.25, -0.2) is 0 Å². The van der Waals surface area contributed by atoms with Crippen LogP contribution in [0.25, 0.3) is 5.57 Å². The lowest BCUT2D eigenvalue weighted by Gasteiger charge is -2.04. The van der Waals surface area contributed by atoms with E-state index in [4.69, 9.17) is 0 Å². The molecule has 0 nitrogen and oxygen atoms in total. The van der Waals surface area contributed by atoms with Crippen molar-refractivity contribution in [3.8, 4) is 11.8 Å². The van der Waals surface area contributed by atoms with Crippen LogP contribution in [0.1, 0.15) is 18.1 Å². The quantitative estimate of drug-likeness (QED) is 0.371. The second kappa shape index (κ2) is 8.94. The van der Waals surface area contributed by atoms with Gasteiger partial charge in [-0.1, -0.05) is 87.5 Å². The first-order chi connectivity index (χ1) is 11.1. The summed E-state index contributed by atoms with van der Waals surface area (Å²) in [5.74, 6) is 8.45. The van der Waals surface area contributed by atoms with Gasteiger partial charge in [-0.3, -0.25) is 0 Å². The Balaban J connectivity index is 2.11. The molecule has 1 heteroatoms. The molecular weight excluding hydrogens is 295 g/mol. The molecule has 0 radical (unpaired) electrons. The minimum atomic E-state index is 0.786. The standard InChI is InChI=1S/C22H21P/c1-18(2)7-8-19(3)9-10-20-11-13-22(14-12-20)21-6-4-5-16-23-17-15-21/h4-8,11-15,17,23H,1,3,16H2,2H3/b5-4+,8-7-,17-15-,21-6+. The summed E-state index contributed by atoms with van der Waals surface area (Å²) in [5.41, 5.74) is 5.22. The van der Waals surface area contributed by atoms with E-state index in [1.807, 2.05) is 19.1 Å². The number of hydrogen-bond acceptors (Lipinski definition) is 0. The highest BCUT2D eigenvalue weighted by Gasteiger charge is 1.98. The smallest absolute Gasteiger partial charge is 0.0249 e. The van der Waals surface area contributed by atoms with Gasteiger partial charge in [0.05, 0.1) is 0 Å². The lowest BCUT2D eigenvalue weighted by molar-refractivity contribution is 1.55. The normalized spacial score (nSPS) is 19.8. The van der Waals surface area contributed by atoms with E-state index in [2.05, 4.69) is 79.4 Å². The molecule has 1 aliphatic rings. The molecule has 0 saturated carbocycles. The highest BCUT2D eigenvalue weighted by molar-refractivity contribution is 7.41. The zero-order valence-corrected chi connectivity index (χ0v) is 14.5. The van der Waals surface area contributed by atoms with E-state index >= 15 is 0 Å². The fourth-order valence-corrected chi connectivity index (χ4v) is 2.66. The fourth-order valence-electron chi connectivity index (χ4n) is 1.96. The average molecular weight is 316 g/mol. The second-order valence-electron chi connectivity index (χ2n) is 5.32. The van der Waals surface area contributed by atoms with Crippen LogP contribution in [0, 0.1) is 11.8 Å². The Labute approximate surface area is 141 Å². The molecule has 0 aromatic heterocycles. The third-order valence-corrected chi connectivity index (χ3v) is 4.06. The molecule has 1 unspecified atom stereocenters. The van der Waals surface area contributed by atoms with Crippen LogP contribution in [0.3, 0.4) is 0 Å². The van der Waals surface area contributed by atoms with Gasteiger partial charge in [0.25, 0.3) is 0 Å². The molecule has 0 aliphatic carbocycles. The van der Waals surface area contributed by atoms with Gasteiger partial charge in [0.1, 0.15) is 0 Å². The Morgan fingerprint density at radius 2 is 1.96 bits per heavy atom. The van der Waals surface area contributed by atoms with E-state index in [1.165, 1.54) is 11.1 Å². The SMILES string of the molecule is C=C(C)/C=C\C(=C)C#Cc1ccc(C2=C/C=C/CP/C=C\2)cc1. The molecule has 114 valence electrons. The molecule has 1 atom stereocenters. The van der Waals surface area contributed by atoms with Gasteiger partial charge in [-0.15, -0.1) is 0 Å². The summed E-state index contributed by atoms with van der Waals surface area (Å²) in [7, 11) is 0.861. The Hall–Kier alpha value is -2.35. The van der Waals surface area contributed by atoms with Crippen molar-refractivity contribution in [3.63, 3.8) is 0 Å². The first-order valence-electron chi connectivity index (χ1n) is 7.57. The number of hydrogen-bond donors (Lipinski definition) is 0. The van der Waals surface area contributed by atoms with Crippen LogP contribution < -0.4 is 0 Å². The molecule has 0 saturated heterocycles. The zero-order valence-electron chi connectivity index (χ0n) is 13.5. The van der Waals surface area contributed by atoms with Gasteiger partial charge in [-0.05, 0) is 42.4 Å². The molecule has 0 amide bonds. The summed E-state index contributed by atoms with van der Waals surface area (Å²) in [6.07, 6.45) is 13.7. The summed E-state index contributed by atoms with van der Waals surface area (Å²) in [6, 6.07) is 8.34. The maximum absolute atomic E-state index is 3.93. The lowest BCUT2D eigenvalue weighted by Crippen LogP contribution is -1.83. The van der Waals surface area contributed by atoms with Gasteiger partial charge >= 0.3 is 0 Å². The van der Waals surface area contributed by atoms with Crippen molar-refractivity contribution in [1.82, 2.24) is 0 Å². The van der Waals surface area contributed by atoms with Gasteiger partial charge < -0.3 is 0 Å². The van der Waals surface area contributed by atoms with E-state index in [0.717, 1.165) is 31.5 Å². The molecule has 1 aromatic rings. The zero-order chi connectivity index (χ0) is 16.5. The van der Waals surface area contributed by atoms with Crippen molar-refractivity contribution in [2.24, 2.45) is 0 Å². The summed E-state index contributed by atoms with van der Waals surface area (Å²) in [6.45, 7) is 9.69. The van der Waals surface area contributed by atoms with E-state index in [9.17, 15) is 0 Å². The molecule has 0 N–H and O–H groups in total. The van der Waals surface area contributed by atoms with Crippen molar-refractivity contribution in [1.29, 1.82) is 0 Å². The topological polar surface area (TPSA) is 0 Å². The van der Waals surface area contributed by atoms with Crippen molar-refractivity contribution >= 4 is 14.2 Å². The highest BCUT2D eigenvalue weighted by atomic mass is 31.1. The van der Waals surface area contributed by atoms with Crippen LogP contribution in [0.15, 0.2) is 90.8 Å². The van der Waals surface area contributed by atoms with Crippen molar-refractivity contribution < 1.29 is 0 Å². The Kier molecular flexibility index (Phi) is 6.61. The predicted octanol–water partition coefficient (Wildman–Crippen LogP) is 5.87. The molecule has 0 fully saturated rings. The van der Waals surface area contributed by atoms with Crippen LogP contribution in [0.2, 0.25) is 0 Å². The molecule has 0 bridgehead atoms. The van der Waals surface area contributed by atoms with Gasteiger partial charge in [-0.2, -0.15) is 0 Å². The number of benzene rings is 1. The summed E-state index contributed by atoms with van der Waals surface area (Å²) in [5, 5.41) is 0. The van der Waals surface area contributed by atoms with E-state index in [1.54, 1.807) is 0 Å². The highest BCUT2D eigenvalue weighted by Crippen LogP contribution is 2.22. The average Bonchev–Trinajstić information content (AvgIpc) is 2.51. The largest absolute Gasteiger partial charge is 0.0961 e. The molecular formula is C22H21P. The minimum Gasteiger partial charge on any atom is -0.0961 e. The summed E-state index contributed by atoms with van der Waals surface area (Å²) >= 11 is 0. The van der Waals surface area contributed by atoms with Crippen LogP contribution >= 0.6 is 8.58 Å². The number of rotatable bonds is 3. The van der Waals surface area contributed by atoms with E-state index in [0.29, 0.717) is 0 Å². The molecule has 0 spiro atoms. The maximum atomic E-state index is 3.93. The van der Waals surface area contributed by atoms with Crippen molar-refractivity contribution in [2.45, 2.75) is 6.92 Å². The Morgan fingerprint density at radius 3 is 2.70 bits per heavy atom. The van der Waals surface area contributed by atoms with E-state index in [-0.39, 0.29) is 0 Å². The van der Waals surface area contributed by atoms with Gasteiger partial charge in [0.2, 0.25) is 0 Å². The predicted molar refractivity (Wildman–Crippen MR) is 106 cm³/mol. The molecule has 23 heavy (non-hydrogen) atoms. The molecule has 1 heterocycles. The third-order valence-electron chi connectivity index (χ3n) is 3.18. The van der Waals surface area contributed by atoms with Crippen LogP contribution in [-0.2, 0) is 0 Å². The van der Waals surface area contributed by atoms with E-state index < -0.39 is 0 Å². The van der Waals surface area contributed by atoms with Crippen LogP contribution in [0.4, 0.5) is 0 Å².